The largest absolute Gasteiger partial charge is 0.0885 e. The number of hydrogen-bond donors (Lipinski definition) is 0. The summed E-state index contributed by atoms with van der Waals surface area (Å²) in [5.41, 5.74) is 0. The molecule has 0 saturated heterocycles. The normalized spacial score (nSPS) is 11.4. The molecule has 0 aliphatic heterocycles. The summed E-state index contributed by atoms with van der Waals surface area (Å²) in [5.74, 6) is 0. The molecule has 0 aromatic carbocycles. The van der Waals surface area contributed by atoms with Crippen molar-refractivity contribution < 1.29 is 0 Å². The van der Waals surface area contributed by atoms with E-state index in [9.17, 15) is 0 Å². The summed E-state index contributed by atoms with van der Waals surface area (Å²) in [6, 6.07) is 0. The summed E-state index contributed by atoms with van der Waals surface area (Å²) < 4.78 is 0. The lowest BCUT2D eigenvalue weighted by molar-refractivity contribution is 0.557. The third-order valence-corrected chi connectivity index (χ3v) is 3.35. The molecule has 0 aliphatic carbocycles. The first-order valence-electron chi connectivity index (χ1n) is 8.06. The lowest BCUT2D eigenvalue weighted by Crippen LogP contribution is -1.81. The smallest absolute Gasteiger partial charge is 0.0351 e. The van der Waals surface area contributed by atoms with Gasteiger partial charge in [-0.25, -0.2) is 0 Å². The molecule has 0 heterocycles. The molecule has 0 spiro atoms. The maximum atomic E-state index is 2.37. The molecule has 0 saturated carbocycles. The van der Waals surface area contributed by atoms with Crippen LogP contribution in [0.15, 0.2) is 12.2 Å². The van der Waals surface area contributed by atoms with Crippen LogP contribution in [0, 0.1) is 0 Å². The van der Waals surface area contributed by atoms with Crippen LogP contribution in [0.3, 0.4) is 0 Å². The topological polar surface area (TPSA) is 0 Å². The second-order valence-corrected chi connectivity index (χ2v) is 5.23. The first-order valence-corrected chi connectivity index (χ1v) is 8.06. The van der Waals surface area contributed by atoms with Gasteiger partial charge in [0.25, 0.3) is 0 Å². The predicted octanol–water partition coefficient (Wildman–Crippen LogP) is 6.65. The van der Waals surface area contributed by atoms with Crippen LogP contribution >= 0.6 is 0 Å². The van der Waals surface area contributed by atoms with E-state index in [-0.39, 0.29) is 0 Å². The Kier molecular flexibility index (Phi) is 15.5. The van der Waals surface area contributed by atoms with E-state index in [1.165, 1.54) is 83.5 Å². The van der Waals surface area contributed by atoms with Crippen LogP contribution < -0.4 is 0 Å². The molecule has 102 valence electrons. The van der Waals surface area contributed by atoms with Crippen molar-refractivity contribution in [3.05, 3.63) is 12.2 Å². The molecule has 0 unspecified atom stereocenters. The maximum Gasteiger partial charge on any atom is -0.0351 e. The molecule has 0 amide bonds. The van der Waals surface area contributed by atoms with Crippen molar-refractivity contribution in [1.82, 2.24) is 0 Å². The molecule has 0 rings (SSSR count). The Morgan fingerprint density at radius 2 is 0.941 bits per heavy atom. The number of hydrogen-bond acceptors (Lipinski definition) is 0. The van der Waals surface area contributed by atoms with Gasteiger partial charge in [0.1, 0.15) is 0 Å². The zero-order chi connectivity index (χ0) is 12.6. The van der Waals surface area contributed by atoms with Gasteiger partial charge in [0, 0.05) is 0 Å². The lowest BCUT2D eigenvalue weighted by Gasteiger charge is -2.01. The molecule has 0 heteroatoms. The van der Waals surface area contributed by atoms with Crippen LogP contribution in [0.4, 0.5) is 0 Å². The van der Waals surface area contributed by atoms with Crippen molar-refractivity contribution >= 4 is 0 Å². The second kappa shape index (κ2) is 15.7. The van der Waals surface area contributed by atoms with Crippen molar-refractivity contribution in [1.29, 1.82) is 0 Å². The van der Waals surface area contributed by atoms with Crippen LogP contribution in [-0.2, 0) is 0 Å². The van der Waals surface area contributed by atoms with E-state index < -0.39 is 0 Å². The van der Waals surface area contributed by atoms with Crippen LogP contribution in [0.5, 0.6) is 0 Å². The third-order valence-electron chi connectivity index (χ3n) is 3.35. The van der Waals surface area contributed by atoms with Gasteiger partial charge >= 0.3 is 0 Å². The maximum absolute atomic E-state index is 2.37. The molecule has 0 bridgehead atoms. The average molecular weight is 238 g/mol. The zero-order valence-electron chi connectivity index (χ0n) is 12.3. The zero-order valence-corrected chi connectivity index (χ0v) is 12.3. The quantitative estimate of drug-likeness (QED) is 0.249. The SMILES string of the molecule is CCCC=CCCCCCCCCCCCC. The van der Waals surface area contributed by atoms with Gasteiger partial charge in [0.05, 0.1) is 0 Å². The summed E-state index contributed by atoms with van der Waals surface area (Å²) >= 11 is 0. The van der Waals surface area contributed by atoms with Crippen LogP contribution in [0.1, 0.15) is 97.3 Å². The van der Waals surface area contributed by atoms with Crippen LogP contribution in [0.25, 0.3) is 0 Å². The van der Waals surface area contributed by atoms with Crippen molar-refractivity contribution in [2.45, 2.75) is 97.3 Å². The van der Waals surface area contributed by atoms with E-state index in [4.69, 9.17) is 0 Å². The molecule has 0 nitrogen and oxygen atoms in total. The summed E-state index contributed by atoms with van der Waals surface area (Å²) in [6.45, 7) is 4.53. The van der Waals surface area contributed by atoms with Crippen LogP contribution in [-0.4, -0.2) is 0 Å². The average Bonchev–Trinajstić information content (AvgIpc) is 2.35. The number of unbranched alkanes of at least 4 members (excludes halogenated alkanes) is 11. The lowest BCUT2D eigenvalue weighted by atomic mass is 10.1. The van der Waals surface area contributed by atoms with Gasteiger partial charge in [-0.05, 0) is 19.3 Å². The number of allylic oxidation sites excluding steroid dienone is 2. The van der Waals surface area contributed by atoms with E-state index in [1.54, 1.807) is 0 Å². The highest BCUT2D eigenvalue weighted by molar-refractivity contribution is 4.80. The van der Waals surface area contributed by atoms with E-state index in [0.29, 0.717) is 0 Å². The first-order chi connectivity index (χ1) is 8.41. The Morgan fingerprint density at radius 1 is 0.471 bits per heavy atom. The monoisotopic (exact) mass is 238 g/mol. The molecule has 0 radical (unpaired) electrons. The molecule has 0 aromatic heterocycles. The van der Waals surface area contributed by atoms with Crippen molar-refractivity contribution in [3.8, 4) is 0 Å². The minimum atomic E-state index is 1.26. The second-order valence-electron chi connectivity index (χ2n) is 5.23. The fraction of sp³-hybridized carbons (Fsp3) is 0.882. The van der Waals surface area contributed by atoms with E-state index in [2.05, 4.69) is 26.0 Å². The van der Waals surface area contributed by atoms with Gasteiger partial charge in [-0.1, -0.05) is 90.2 Å². The van der Waals surface area contributed by atoms with E-state index in [0.717, 1.165) is 0 Å². The molecular formula is C17H34. The van der Waals surface area contributed by atoms with Gasteiger partial charge in [-0.3, -0.25) is 0 Å². The Labute approximate surface area is 110 Å². The summed E-state index contributed by atoms with van der Waals surface area (Å²) in [5, 5.41) is 0. The molecule has 0 aromatic rings. The standard InChI is InChI=1S/C17H34/c1-3-5-7-9-11-13-15-17-16-14-12-10-8-6-4-2/h7,9H,3-6,8,10-17H2,1-2H3. The Morgan fingerprint density at radius 3 is 1.47 bits per heavy atom. The van der Waals surface area contributed by atoms with Gasteiger partial charge in [-0.2, -0.15) is 0 Å². The van der Waals surface area contributed by atoms with Crippen molar-refractivity contribution in [2.24, 2.45) is 0 Å². The highest BCUT2D eigenvalue weighted by Crippen LogP contribution is 2.11. The van der Waals surface area contributed by atoms with Gasteiger partial charge in [0.2, 0.25) is 0 Å². The Balaban J connectivity index is 2.94. The fourth-order valence-corrected chi connectivity index (χ4v) is 2.15. The van der Waals surface area contributed by atoms with E-state index >= 15 is 0 Å². The highest BCUT2D eigenvalue weighted by Gasteiger charge is 1.91. The van der Waals surface area contributed by atoms with Crippen molar-refractivity contribution in [2.75, 3.05) is 0 Å². The Bertz CT molecular complexity index is 146. The molecule has 17 heavy (non-hydrogen) atoms. The van der Waals surface area contributed by atoms with Gasteiger partial charge in [0.15, 0.2) is 0 Å². The predicted molar refractivity (Wildman–Crippen MR) is 80.5 cm³/mol. The summed E-state index contributed by atoms with van der Waals surface area (Å²) in [4.78, 5) is 0. The first kappa shape index (κ1) is 16.7. The van der Waals surface area contributed by atoms with Crippen LogP contribution in [0.2, 0.25) is 0 Å². The molecule has 0 fully saturated rings. The van der Waals surface area contributed by atoms with E-state index in [1.807, 2.05) is 0 Å². The minimum absolute atomic E-state index is 1.26. The number of rotatable bonds is 13. The molecule has 0 aliphatic rings. The summed E-state index contributed by atoms with van der Waals surface area (Å²) in [6.07, 6.45) is 23.0. The van der Waals surface area contributed by atoms with Gasteiger partial charge < -0.3 is 0 Å². The summed E-state index contributed by atoms with van der Waals surface area (Å²) in [7, 11) is 0. The highest BCUT2D eigenvalue weighted by atomic mass is 14.0. The van der Waals surface area contributed by atoms with Crippen molar-refractivity contribution in [3.63, 3.8) is 0 Å². The minimum Gasteiger partial charge on any atom is -0.0885 e. The Hall–Kier alpha value is -0.260. The molecule has 0 atom stereocenters. The third kappa shape index (κ3) is 15.7. The molecular weight excluding hydrogens is 204 g/mol. The fourth-order valence-electron chi connectivity index (χ4n) is 2.15. The molecule has 0 N–H and O–H groups in total. The van der Waals surface area contributed by atoms with Gasteiger partial charge in [-0.15, -0.1) is 0 Å².